The standard InChI is InChI=1S/C28H34O3/c1-25(2,3)21-15-24(26(4,5)6)28(30)23-14-10-8-12-20(23)18-31-17-19-11-7-9-13-22(19)27(28,29)16-21/h7-16,29-30H,17-18H2,1-6H3. The molecule has 4 rings (SSSR count). The Morgan fingerprint density at radius 1 is 0.742 bits per heavy atom. The number of hydrogen-bond acceptors (Lipinski definition) is 3. The first-order valence-corrected chi connectivity index (χ1v) is 11.0. The highest BCUT2D eigenvalue weighted by Gasteiger charge is 2.58. The van der Waals surface area contributed by atoms with Gasteiger partial charge in [0.05, 0.1) is 13.2 Å². The molecule has 1 heterocycles. The first-order valence-electron chi connectivity index (χ1n) is 11.0. The molecule has 2 N–H and O–H groups in total. The molecule has 0 amide bonds. The van der Waals surface area contributed by atoms with E-state index in [1.807, 2.05) is 54.6 Å². The van der Waals surface area contributed by atoms with E-state index in [1.54, 1.807) is 0 Å². The zero-order valence-corrected chi connectivity index (χ0v) is 19.5. The maximum atomic E-state index is 12.7. The lowest BCUT2D eigenvalue weighted by molar-refractivity contribution is -0.122. The van der Waals surface area contributed by atoms with E-state index in [9.17, 15) is 10.2 Å². The van der Waals surface area contributed by atoms with E-state index in [4.69, 9.17) is 4.74 Å². The quantitative estimate of drug-likeness (QED) is 0.573. The number of aliphatic hydroxyl groups is 2. The normalized spacial score (nSPS) is 26.3. The van der Waals surface area contributed by atoms with E-state index in [1.165, 1.54) is 0 Å². The van der Waals surface area contributed by atoms with E-state index in [0.29, 0.717) is 24.3 Å². The average molecular weight is 419 g/mol. The van der Waals surface area contributed by atoms with Crippen LogP contribution in [-0.2, 0) is 29.2 Å². The van der Waals surface area contributed by atoms with Crippen molar-refractivity contribution in [3.63, 3.8) is 0 Å². The second kappa shape index (κ2) is 7.16. The Kier molecular flexibility index (Phi) is 5.09. The van der Waals surface area contributed by atoms with Gasteiger partial charge in [-0.2, -0.15) is 0 Å². The van der Waals surface area contributed by atoms with Crippen LogP contribution in [0.1, 0.15) is 63.8 Å². The van der Waals surface area contributed by atoms with Gasteiger partial charge in [0, 0.05) is 0 Å². The smallest absolute Gasteiger partial charge is 0.148 e. The van der Waals surface area contributed by atoms with Gasteiger partial charge in [-0.05, 0) is 50.3 Å². The number of hydrogen-bond donors (Lipinski definition) is 2. The molecule has 0 spiro atoms. The molecule has 1 aliphatic carbocycles. The van der Waals surface area contributed by atoms with Gasteiger partial charge in [-0.15, -0.1) is 0 Å². The number of allylic oxidation sites excluding steroid dienone is 2. The third kappa shape index (κ3) is 3.40. The van der Waals surface area contributed by atoms with Crippen molar-refractivity contribution in [3.05, 3.63) is 94.1 Å². The number of rotatable bonds is 0. The molecule has 2 unspecified atom stereocenters. The lowest BCUT2D eigenvalue weighted by atomic mass is 9.57. The predicted octanol–water partition coefficient (Wildman–Crippen LogP) is 5.75. The molecule has 0 fully saturated rings. The second-order valence-electron chi connectivity index (χ2n) is 10.9. The fraction of sp³-hybridized carbons (Fsp3) is 0.429. The minimum absolute atomic E-state index is 0.197. The largest absolute Gasteiger partial charge is 0.377 e. The van der Waals surface area contributed by atoms with E-state index in [2.05, 4.69) is 47.6 Å². The molecule has 0 aromatic heterocycles. The van der Waals surface area contributed by atoms with Gasteiger partial charge in [0.15, 0.2) is 0 Å². The third-order valence-corrected chi connectivity index (χ3v) is 6.63. The van der Waals surface area contributed by atoms with Crippen molar-refractivity contribution < 1.29 is 14.9 Å². The molecule has 3 nitrogen and oxygen atoms in total. The molecule has 2 aromatic carbocycles. The maximum absolute atomic E-state index is 12.7. The van der Waals surface area contributed by atoms with Gasteiger partial charge in [-0.25, -0.2) is 0 Å². The summed E-state index contributed by atoms with van der Waals surface area (Å²) in [6.45, 7) is 13.5. The van der Waals surface area contributed by atoms with Crippen LogP contribution in [0.15, 0.2) is 71.8 Å². The lowest BCUT2D eigenvalue weighted by Gasteiger charge is -2.52. The van der Waals surface area contributed by atoms with E-state index in [0.717, 1.165) is 22.3 Å². The lowest BCUT2D eigenvalue weighted by Crippen LogP contribution is -2.54. The van der Waals surface area contributed by atoms with Crippen LogP contribution in [0.4, 0.5) is 0 Å². The summed E-state index contributed by atoms with van der Waals surface area (Å²) < 4.78 is 6.06. The molecule has 0 saturated heterocycles. The van der Waals surface area contributed by atoms with Gasteiger partial charge in [-0.1, -0.05) is 96.1 Å². The molecular weight excluding hydrogens is 384 g/mol. The minimum Gasteiger partial charge on any atom is -0.377 e. The number of ether oxygens (including phenoxy) is 1. The van der Waals surface area contributed by atoms with Gasteiger partial charge in [0.2, 0.25) is 0 Å². The Morgan fingerprint density at radius 3 is 1.81 bits per heavy atom. The van der Waals surface area contributed by atoms with Crippen LogP contribution >= 0.6 is 0 Å². The van der Waals surface area contributed by atoms with Crippen LogP contribution in [0, 0.1) is 10.8 Å². The summed E-state index contributed by atoms with van der Waals surface area (Å²) in [4.78, 5) is 0. The first-order chi connectivity index (χ1) is 14.4. The van der Waals surface area contributed by atoms with Crippen LogP contribution in [0.3, 0.4) is 0 Å². The molecule has 164 valence electrons. The van der Waals surface area contributed by atoms with Crippen LogP contribution in [0.25, 0.3) is 0 Å². The van der Waals surface area contributed by atoms with Gasteiger partial charge in [0.1, 0.15) is 11.2 Å². The topological polar surface area (TPSA) is 49.7 Å². The summed E-state index contributed by atoms with van der Waals surface area (Å²) in [5.74, 6) is 0. The van der Waals surface area contributed by atoms with Gasteiger partial charge in [0.25, 0.3) is 0 Å². The van der Waals surface area contributed by atoms with E-state index >= 15 is 0 Å². The highest BCUT2D eigenvalue weighted by Crippen LogP contribution is 2.57. The SMILES string of the molecule is CC(C)(C)C1=CC2(O)c3ccccc3COCc3ccccc3C2(O)C(C(C)(C)C)=C1. The van der Waals surface area contributed by atoms with Crippen molar-refractivity contribution in [1.29, 1.82) is 0 Å². The predicted molar refractivity (Wildman–Crippen MR) is 124 cm³/mol. The summed E-state index contributed by atoms with van der Waals surface area (Å²) in [6, 6.07) is 15.5. The van der Waals surface area contributed by atoms with Crippen LogP contribution in [0.2, 0.25) is 0 Å². The maximum Gasteiger partial charge on any atom is 0.148 e. The molecule has 2 aliphatic rings. The average Bonchev–Trinajstić information content (AvgIpc) is 2.72. The Labute approximate surface area is 186 Å². The van der Waals surface area contributed by atoms with Crippen molar-refractivity contribution in [3.8, 4) is 0 Å². The van der Waals surface area contributed by atoms with E-state index in [-0.39, 0.29) is 10.8 Å². The van der Waals surface area contributed by atoms with Crippen LogP contribution < -0.4 is 0 Å². The zero-order valence-electron chi connectivity index (χ0n) is 19.5. The fourth-order valence-electron chi connectivity index (χ4n) is 4.94. The summed E-state index contributed by atoms with van der Waals surface area (Å²) in [6.07, 6.45) is 3.98. The first kappa shape index (κ1) is 22.0. The highest BCUT2D eigenvalue weighted by molar-refractivity contribution is 5.57. The van der Waals surface area contributed by atoms with Crippen LogP contribution in [-0.4, -0.2) is 10.2 Å². The van der Waals surface area contributed by atoms with E-state index < -0.39 is 11.2 Å². The summed E-state index contributed by atoms with van der Waals surface area (Å²) in [5.41, 5.74) is 1.10. The molecule has 0 radical (unpaired) electrons. The molecule has 1 aliphatic heterocycles. The van der Waals surface area contributed by atoms with Gasteiger partial charge < -0.3 is 14.9 Å². The number of fused-ring (bicyclic) bond motifs is 5. The molecular formula is C28H34O3. The van der Waals surface area contributed by atoms with Crippen LogP contribution in [0.5, 0.6) is 0 Å². The Hall–Kier alpha value is -2.20. The highest BCUT2D eigenvalue weighted by atomic mass is 16.5. The minimum atomic E-state index is -1.65. The summed E-state index contributed by atoms with van der Waals surface area (Å²) >= 11 is 0. The fourth-order valence-corrected chi connectivity index (χ4v) is 4.94. The van der Waals surface area contributed by atoms with Crippen molar-refractivity contribution in [2.24, 2.45) is 10.8 Å². The van der Waals surface area contributed by atoms with Gasteiger partial charge in [-0.3, -0.25) is 0 Å². The molecule has 2 atom stereocenters. The Balaban J connectivity index is 2.17. The molecule has 3 heteroatoms. The van der Waals surface area contributed by atoms with Crippen molar-refractivity contribution >= 4 is 0 Å². The summed E-state index contributed by atoms with van der Waals surface area (Å²) in [5, 5.41) is 25.4. The van der Waals surface area contributed by atoms with Crippen molar-refractivity contribution in [1.82, 2.24) is 0 Å². The second-order valence-corrected chi connectivity index (χ2v) is 10.9. The Bertz CT molecular complexity index is 1060. The molecule has 0 saturated carbocycles. The zero-order chi connectivity index (χ0) is 22.7. The van der Waals surface area contributed by atoms with Gasteiger partial charge >= 0.3 is 0 Å². The molecule has 31 heavy (non-hydrogen) atoms. The monoisotopic (exact) mass is 418 g/mol. The van der Waals surface area contributed by atoms with Crippen molar-refractivity contribution in [2.45, 2.75) is 66.0 Å². The summed E-state index contributed by atoms with van der Waals surface area (Å²) in [7, 11) is 0. The molecule has 2 aromatic rings. The molecule has 0 bridgehead atoms. The third-order valence-electron chi connectivity index (χ3n) is 6.63. The Morgan fingerprint density at radius 2 is 1.26 bits per heavy atom. The number of benzene rings is 2. The van der Waals surface area contributed by atoms with Crippen molar-refractivity contribution in [2.75, 3.05) is 0 Å².